The Morgan fingerprint density at radius 2 is 1.95 bits per heavy atom. The van der Waals surface area contributed by atoms with Gasteiger partial charge in [0, 0.05) is 18.9 Å². The van der Waals surface area contributed by atoms with Crippen molar-refractivity contribution < 1.29 is 14.7 Å². The summed E-state index contributed by atoms with van der Waals surface area (Å²) in [5, 5.41) is 11.8. The topological polar surface area (TPSA) is 66.4 Å². The number of amides is 1. The second kappa shape index (κ2) is 7.08. The van der Waals surface area contributed by atoms with Crippen LogP contribution in [-0.2, 0) is 16.0 Å². The van der Waals surface area contributed by atoms with Crippen LogP contribution in [0.3, 0.4) is 0 Å². The molecule has 1 fully saturated rings. The molecule has 0 radical (unpaired) electrons. The molecule has 0 aromatic heterocycles. The largest absolute Gasteiger partial charge is 0.481 e. The number of aliphatic carboxylic acids is 1. The number of benzene rings is 1. The smallest absolute Gasteiger partial charge is 0.303 e. The maximum atomic E-state index is 11.9. The van der Waals surface area contributed by atoms with Crippen LogP contribution in [0, 0.1) is 5.92 Å². The third-order valence-corrected chi connectivity index (χ3v) is 3.57. The van der Waals surface area contributed by atoms with Crippen LogP contribution in [0.25, 0.3) is 0 Å². The Morgan fingerprint density at radius 3 is 2.55 bits per heavy atom. The summed E-state index contributed by atoms with van der Waals surface area (Å²) >= 11 is 0. The van der Waals surface area contributed by atoms with Gasteiger partial charge in [0.2, 0.25) is 5.91 Å². The summed E-state index contributed by atoms with van der Waals surface area (Å²) in [5.41, 5.74) is 1.12. The van der Waals surface area contributed by atoms with Crippen molar-refractivity contribution in [2.24, 2.45) is 5.92 Å². The maximum absolute atomic E-state index is 11.9. The zero-order valence-electron chi connectivity index (χ0n) is 11.5. The van der Waals surface area contributed by atoms with Crippen LogP contribution in [0.15, 0.2) is 30.3 Å². The molecule has 4 nitrogen and oxygen atoms in total. The number of hydrogen-bond donors (Lipinski definition) is 2. The van der Waals surface area contributed by atoms with Crippen LogP contribution in [0.5, 0.6) is 0 Å². The monoisotopic (exact) mass is 275 g/mol. The van der Waals surface area contributed by atoms with Gasteiger partial charge in [-0.05, 0) is 37.2 Å². The van der Waals surface area contributed by atoms with Crippen molar-refractivity contribution in [3.63, 3.8) is 0 Å². The van der Waals surface area contributed by atoms with Gasteiger partial charge in [-0.3, -0.25) is 9.59 Å². The Kier molecular flexibility index (Phi) is 5.16. The van der Waals surface area contributed by atoms with Crippen molar-refractivity contribution in [3.8, 4) is 0 Å². The number of hydrogen-bond acceptors (Lipinski definition) is 2. The fraction of sp³-hybridized carbons (Fsp3) is 0.500. The Morgan fingerprint density at radius 1 is 1.25 bits per heavy atom. The highest BCUT2D eigenvalue weighted by Crippen LogP contribution is 2.32. The molecule has 108 valence electrons. The predicted octanol–water partition coefficient (Wildman–Crippen LogP) is 2.38. The first-order valence-electron chi connectivity index (χ1n) is 7.18. The molecule has 0 saturated heterocycles. The first kappa shape index (κ1) is 14.6. The average Bonchev–Trinajstić information content (AvgIpc) is 3.21. The molecule has 1 amide bonds. The van der Waals surface area contributed by atoms with E-state index in [0.717, 1.165) is 18.4 Å². The fourth-order valence-corrected chi connectivity index (χ4v) is 2.29. The van der Waals surface area contributed by atoms with Crippen molar-refractivity contribution in [1.82, 2.24) is 5.32 Å². The molecule has 1 atom stereocenters. The number of carbonyl (C=O) groups is 2. The highest BCUT2D eigenvalue weighted by atomic mass is 16.4. The summed E-state index contributed by atoms with van der Waals surface area (Å²) in [5.74, 6) is -0.217. The van der Waals surface area contributed by atoms with Gasteiger partial charge in [0.05, 0.1) is 0 Å². The lowest BCUT2D eigenvalue weighted by Crippen LogP contribution is -2.37. The standard InChI is InChI=1S/C16H21NO3/c18-15(11-13-6-7-13)17-14(8-9-16(19)20)10-12-4-2-1-3-5-12/h1-5,13-14H,6-11H2,(H,17,18)(H,19,20). The lowest BCUT2D eigenvalue weighted by atomic mass is 10.0. The van der Waals surface area contributed by atoms with Crippen LogP contribution in [0.4, 0.5) is 0 Å². The van der Waals surface area contributed by atoms with E-state index in [2.05, 4.69) is 5.32 Å². The number of carboxylic acids is 1. The summed E-state index contributed by atoms with van der Waals surface area (Å²) in [6, 6.07) is 9.76. The highest BCUT2D eigenvalue weighted by Gasteiger charge is 2.25. The molecular weight excluding hydrogens is 254 g/mol. The molecular formula is C16H21NO3. The molecule has 2 rings (SSSR count). The lowest BCUT2D eigenvalue weighted by molar-refractivity contribution is -0.137. The minimum Gasteiger partial charge on any atom is -0.481 e. The van der Waals surface area contributed by atoms with Crippen molar-refractivity contribution in [1.29, 1.82) is 0 Å². The van der Waals surface area contributed by atoms with E-state index in [0.29, 0.717) is 25.2 Å². The summed E-state index contributed by atoms with van der Waals surface area (Å²) < 4.78 is 0. The van der Waals surface area contributed by atoms with Gasteiger partial charge in [0.1, 0.15) is 0 Å². The first-order valence-corrected chi connectivity index (χ1v) is 7.18. The van der Waals surface area contributed by atoms with Gasteiger partial charge >= 0.3 is 5.97 Å². The second-order valence-corrected chi connectivity index (χ2v) is 5.53. The molecule has 1 saturated carbocycles. The molecule has 0 bridgehead atoms. The molecule has 1 aliphatic rings. The molecule has 20 heavy (non-hydrogen) atoms. The molecule has 1 unspecified atom stereocenters. The molecule has 1 aliphatic carbocycles. The lowest BCUT2D eigenvalue weighted by Gasteiger charge is -2.18. The van der Waals surface area contributed by atoms with Gasteiger partial charge in [-0.2, -0.15) is 0 Å². The number of nitrogens with one attached hydrogen (secondary N) is 1. The van der Waals surface area contributed by atoms with Crippen molar-refractivity contribution in [2.75, 3.05) is 0 Å². The minimum absolute atomic E-state index is 0.0545. The van der Waals surface area contributed by atoms with Gasteiger partial charge in [-0.15, -0.1) is 0 Å². The summed E-state index contributed by atoms with van der Waals surface area (Å²) in [7, 11) is 0. The van der Waals surface area contributed by atoms with E-state index in [-0.39, 0.29) is 18.4 Å². The molecule has 0 heterocycles. The maximum Gasteiger partial charge on any atom is 0.303 e. The SMILES string of the molecule is O=C(O)CCC(Cc1ccccc1)NC(=O)CC1CC1. The van der Waals surface area contributed by atoms with Crippen LogP contribution in [0.1, 0.15) is 37.7 Å². The van der Waals surface area contributed by atoms with Gasteiger partial charge < -0.3 is 10.4 Å². The van der Waals surface area contributed by atoms with E-state index in [1.54, 1.807) is 0 Å². The summed E-state index contributed by atoms with van der Waals surface area (Å²) in [6.07, 6.45) is 4.11. The van der Waals surface area contributed by atoms with Crippen LogP contribution in [-0.4, -0.2) is 23.0 Å². The third-order valence-electron chi connectivity index (χ3n) is 3.57. The normalized spacial score (nSPS) is 15.6. The van der Waals surface area contributed by atoms with Gasteiger partial charge in [-0.25, -0.2) is 0 Å². The third kappa shape index (κ3) is 5.43. The van der Waals surface area contributed by atoms with E-state index < -0.39 is 5.97 Å². The Labute approximate surface area is 119 Å². The number of rotatable bonds is 8. The Balaban J connectivity index is 1.88. The molecule has 0 aliphatic heterocycles. The van der Waals surface area contributed by atoms with E-state index in [1.165, 1.54) is 0 Å². The average molecular weight is 275 g/mol. The van der Waals surface area contributed by atoms with E-state index >= 15 is 0 Å². The Bertz CT molecular complexity index is 454. The molecule has 0 spiro atoms. The van der Waals surface area contributed by atoms with Gasteiger partial charge in [0.25, 0.3) is 0 Å². The number of carboxylic acid groups (broad SMARTS) is 1. The zero-order valence-corrected chi connectivity index (χ0v) is 11.5. The van der Waals surface area contributed by atoms with E-state index in [4.69, 9.17) is 5.11 Å². The zero-order chi connectivity index (χ0) is 14.4. The van der Waals surface area contributed by atoms with Crippen LogP contribution < -0.4 is 5.32 Å². The fourth-order valence-electron chi connectivity index (χ4n) is 2.29. The van der Waals surface area contributed by atoms with E-state index in [1.807, 2.05) is 30.3 Å². The molecule has 1 aromatic carbocycles. The minimum atomic E-state index is -0.820. The van der Waals surface area contributed by atoms with E-state index in [9.17, 15) is 9.59 Å². The second-order valence-electron chi connectivity index (χ2n) is 5.53. The van der Waals surface area contributed by atoms with Crippen molar-refractivity contribution >= 4 is 11.9 Å². The van der Waals surface area contributed by atoms with Crippen molar-refractivity contribution in [3.05, 3.63) is 35.9 Å². The first-order chi connectivity index (χ1) is 9.63. The quantitative estimate of drug-likeness (QED) is 0.765. The molecule has 2 N–H and O–H groups in total. The van der Waals surface area contributed by atoms with Crippen molar-refractivity contribution in [2.45, 2.75) is 44.6 Å². The Hall–Kier alpha value is -1.84. The predicted molar refractivity (Wildman–Crippen MR) is 76.3 cm³/mol. The van der Waals surface area contributed by atoms with Gasteiger partial charge in [-0.1, -0.05) is 30.3 Å². The van der Waals surface area contributed by atoms with Crippen LogP contribution in [0.2, 0.25) is 0 Å². The van der Waals surface area contributed by atoms with Gasteiger partial charge in [0.15, 0.2) is 0 Å². The summed E-state index contributed by atoms with van der Waals surface area (Å²) in [4.78, 5) is 22.6. The molecule has 4 heteroatoms. The highest BCUT2D eigenvalue weighted by molar-refractivity contribution is 5.77. The molecule has 1 aromatic rings. The number of carbonyl (C=O) groups excluding carboxylic acids is 1. The van der Waals surface area contributed by atoms with Crippen LogP contribution >= 0.6 is 0 Å². The summed E-state index contributed by atoms with van der Waals surface area (Å²) in [6.45, 7) is 0.